The van der Waals surface area contributed by atoms with Crippen molar-refractivity contribution in [3.63, 3.8) is 0 Å². The van der Waals surface area contributed by atoms with Crippen LogP contribution in [0, 0.1) is 17.8 Å². The van der Waals surface area contributed by atoms with Crippen molar-refractivity contribution < 1.29 is 14.3 Å². The molecule has 130 valence electrons. The fraction of sp³-hybridized carbons (Fsp3) is 0.579. The van der Waals surface area contributed by atoms with Gasteiger partial charge in [-0.3, -0.25) is 9.59 Å². The number of hydrogen-bond donors (Lipinski definition) is 1. The molecule has 2 aliphatic heterocycles. The average Bonchev–Trinajstić information content (AvgIpc) is 2.59. The fourth-order valence-corrected chi connectivity index (χ4v) is 3.51. The van der Waals surface area contributed by atoms with Crippen molar-refractivity contribution in [2.45, 2.75) is 19.8 Å². The number of ketones is 1. The maximum atomic E-state index is 12.6. The van der Waals surface area contributed by atoms with E-state index < -0.39 is 0 Å². The second kappa shape index (κ2) is 7.34. The first-order chi connectivity index (χ1) is 11.6. The Kier molecular flexibility index (Phi) is 5.19. The Morgan fingerprint density at radius 3 is 2.29 bits per heavy atom. The molecule has 1 N–H and O–H groups in total. The smallest absolute Gasteiger partial charge is 0.225 e. The monoisotopic (exact) mass is 330 g/mol. The van der Waals surface area contributed by atoms with Gasteiger partial charge in [0.25, 0.3) is 0 Å². The second-order valence-electron chi connectivity index (χ2n) is 6.90. The molecule has 1 aromatic rings. The maximum Gasteiger partial charge on any atom is 0.225 e. The lowest BCUT2D eigenvalue weighted by Gasteiger charge is -2.37. The summed E-state index contributed by atoms with van der Waals surface area (Å²) in [7, 11) is 1.62. The van der Waals surface area contributed by atoms with Gasteiger partial charge in [0.2, 0.25) is 5.91 Å². The number of nitrogens with zero attached hydrogens (tertiary/aromatic N) is 1. The van der Waals surface area contributed by atoms with Gasteiger partial charge in [-0.2, -0.15) is 0 Å². The van der Waals surface area contributed by atoms with Gasteiger partial charge in [-0.25, -0.2) is 0 Å². The minimum Gasteiger partial charge on any atom is -0.497 e. The van der Waals surface area contributed by atoms with Crippen LogP contribution in [-0.4, -0.2) is 49.9 Å². The molecule has 0 bridgehead atoms. The third-order valence-corrected chi connectivity index (χ3v) is 5.46. The van der Waals surface area contributed by atoms with Gasteiger partial charge in [0.15, 0.2) is 5.78 Å². The van der Waals surface area contributed by atoms with Crippen LogP contribution in [0.25, 0.3) is 0 Å². The number of ether oxygens (including phenoxy) is 1. The molecule has 1 unspecified atom stereocenters. The minimum atomic E-state index is 0.0168. The predicted octanol–water partition coefficient (Wildman–Crippen LogP) is 1.97. The molecular formula is C19H26N2O3. The summed E-state index contributed by atoms with van der Waals surface area (Å²) in [6, 6.07) is 7.29. The maximum absolute atomic E-state index is 12.6. The molecule has 2 aliphatic rings. The van der Waals surface area contributed by atoms with E-state index in [1.165, 1.54) is 0 Å². The van der Waals surface area contributed by atoms with Crippen LogP contribution in [0.1, 0.15) is 30.1 Å². The lowest BCUT2D eigenvalue weighted by molar-refractivity contribution is -0.138. The van der Waals surface area contributed by atoms with E-state index in [0.717, 1.165) is 37.2 Å². The minimum absolute atomic E-state index is 0.0168. The van der Waals surface area contributed by atoms with Gasteiger partial charge in [0.05, 0.1) is 7.11 Å². The molecule has 1 atom stereocenters. The molecule has 1 aromatic carbocycles. The average molecular weight is 330 g/mol. The molecule has 5 heteroatoms. The summed E-state index contributed by atoms with van der Waals surface area (Å²) in [5.41, 5.74) is 0.731. The van der Waals surface area contributed by atoms with Gasteiger partial charge in [0, 0.05) is 30.5 Å². The van der Waals surface area contributed by atoms with Gasteiger partial charge in [-0.1, -0.05) is 6.92 Å². The Hall–Kier alpha value is -1.88. The number of nitrogens with one attached hydrogen (secondary N) is 1. The Morgan fingerprint density at radius 2 is 1.79 bits per heavy atom. The highest BCUT2D eigenvalue weighted by molar-refractivity contribution is 5.98. The first-order valence-corrected chi connectivity index (χ1v) is 8.78. The van der Waals surface area contributed by atoms with E-state index in [9.17, 15) is 9.59 Å². The topological polar surface area (TPSA) is 58.6 Å². The summed E-state index contributed by atoms with van der Waals surface area (Å²) in [5.74, 6) is 1.75. The number of hydrogen-bond acceptors (Lipinski definition) is 4. The summed E-state index contributed by atoms with van der Waals surface area (Å²) >= 11 is 0. The number of amides is 1. The van der Waals surface area contributed by atoms with Crippen molar-refractivity contribution >= 4 is 11.7 Å². The van der Waals surface area contributed by atoms with Crippen molar-refractivity contribution in [3.8, 4) is 5.75 Å². The lowest BCUT2D eigenvalue weighted by Crippen LogP contribution is -2.51. The van der Waals surface area contributed by atoms with Crippen molar-refractivity contribution in [2.24, 2.45) is 17.8 Å². The number of Topliss-reactive ketones (excluding diaryl/α,β-unsaturated/α-hetero) is 1. The Balaban J connectivity index is 1.53. The summed E-state index contributed by atoms with van der Waals surface area (Å²) in [6.45, 7) is 5.30. The zero-order valence-electron chi connectivity index (χ0n) is 14.5. The molecule has 0 radical (unpaired) electrons. The van der Waals surface area contributed by atoms with Gasteiger partial charge < -0.3 is 15.0 Å². The van der Waals surface area contributed by atoms with Crippen molar-refractivity contribution in [1.82, 2.24) is 10.2 Å². The zero-order valence-corrected chi connectivity index (χ0v) is 14.5. The van der Waals surface area contributed by atoms with Gasteiger partial charge in [-0.15, -0.1) is 0 Å². The normalized spacial score (nSPS) is 20.3. The molecule has 3 rings (SSSR count). The summed E-state index contributed by atoms with van der Waals surface area (Å²) in [5, 5.41) is 3.22. The molecule has 0 spiro atoms. The summed E-state index contributed by atoms with van der Waals surface area (Å²) in [4.78, 5) is 27.1. The number of rotatable bonds is 5. The molecular weight excluding hydrogens is 304 g/mol. The molecule has 0 aromatic heterocycles. The van der Waals surface area contributed by atoms with Crippen LogP contribution in [0.3, 0.4) is 0 Å². The van der Waals surface area contributed by atoms with E-state index in [-0.39, 0.29) is 23.5 Å². The number of carbonyl (C=O) groups excluding carboxylic acids is 2. The first kappa shape index (κ1) is 17.0. The van der Waals surface area contributed by atoms with E-state index in [0.29, 0.717) is 19.0 Å². The number of piperidine rings is 1. The van der Waals surface area contributed by atoms with E-state index >= 15 is 0 Å². The van der Waals surface area contributed by atoms with Crippen LogP contribution in [0.5, 0.6) is 5.75 Å². The van der Waals surface area contributed by atoms with Crippen LogP contribution in [0.2, 0.25) is 0 Å². The largest absolute Gasteiger partial charge is 0.497 e. The SMILES string of the molecule is COc1ccc(C(=O)C2CCN(C(=O)C(C)C3CNC3)CC2)cc1. The quantitative estimate of drug-likeness (QED) is 0.839. The highest BCUT2D eigenvalue weighted by atomic mass is 16.5. The molecule has 2 heterocycles. The van der Waals surface area contributed by atoms with Crippen LogP contribution in [0.4, 0.5) is 0 Å². The highest BCUT2D eigenvalue weighted by Crippen LogP contribution is 2.26. The number of likely N-dealkylation sites (tertiary alicyclic amines) is 1. The van der Waals surface area contributed by atoms with Crippen molar-refractivity contribution in [2.75, 3.05) is 33.3 Å². The molecule has 2 fully saturated rings. The third-order valence-electron chi connectivity index (χ3n) is 5.46. The number of methoxy groups -OCH3 is 1. The van der Waals surface area contributed by atoms with Crippen molar-refractivity contribution in [1.29, 1.82) is 0 Å². The van der Waals surface area contributed by atoms with E-state index in [2.05, 4.69) is 5.32 Å². The second-order valence-corrected chi connectivity index (χ2v) is 6.90. The summed E-state index contributed by atoms with van der Waals surface area (Å²) < 4.78 is 5.13. The number of benzene rings is 1. The Bertz CT molecular complexity index is 587. The van der Waals surface area contributed by atoms with Gasteiger partial charge >= 0.3 is 0 Å². The number of carbonyl (C=O) groups is 2. The fourth-order valence-electron chi connectivity index (χ4n) is 3.51. The summed E-state index contributed by atoms with van der Waals surface area (Å²) in [6.07, 6.45) is 1.51. The van der Waals surface area contributed by atoms with Crippen molar-refractivity contribution in [3.05, 3.63) is 29.8 Å². The van der Waals surface area contributed by atoms with Crippen LogP contribution in [-0.2, 0) is 4.79 Å². The van der Waals surface area contributed by atoms with Gasteiger partial charge in [-0.05, 0) is 56.1 Å². The molecule has 0 saturated carbocycles. The molecule has 24 heavy (non-hydrogen) atoms. The molecule has 5 nitrogen and oxygen atoms in total. The molecule has 2 saturated heterocycles. The van der Waals surface area contributed by atoms with E-state index in [1.54, 1.807) is 7.11 Å². The van der Waals surface area contributed by atoms with Gasteiger partial charge in [0.1, 0.15) is 5.75 Å². The van der Waals surface area contributed by atoms with Crippen LogP contribution < -0.4 is 10.1 Å². The standard InChI is InChI=1S/C19H26N2O3/c1-13(16-11-20-12-16)19(23)21-9-7-15(8-10-21)18(22)14-3-5-17(24-2)6-4-14/h3-6,13,15-16,20H,7-12H2,1-2H3. The van der Waals surface area contributed by atoms with Crippen LogP contribution in [0.15, 0.2) is 24.3 Å². The van der Waals surface area contributed by atoms with E-state index in [4.69, 9.17) is 4.74 Å². The third kappa shape index (κ3) is 3.46. The Labute approximate surface area is 143 Å². The predicted molar refractivity (Wildman–Crippen MR) is 92.2 cm³/mol. The Morgan fingerprint density at radius 1 is 1.17 bits per heavy atom. The molecule has 1 amide bonds. The van der Waals surface area contributed by atoms with E-state index in [1.807, 2.05) is 36.1 Å². The zero-order chi connectivity index (χ0) is 17.1. The lowest BCUT2D eigenvalue weighted by atomic mass is 9.85. The first-order valence-electron chi connectivity index (χ1n) is 8.78. The highest BCUT2D eigenvalue weighted by Gasteiger charge is 2.34. The molecule has 0 aliphatic carbocycles. The van der Waals surface area contributed by atoms with Crippen LogP contribution >= 0.6 is 0 Å².